The van der Waals surface area contributed by atoms with Crippen LogP contribution in [0.25, 0.3) is 10.9 Å². The topological polar surface area (TPSA) is 170 Å². The van der Waals surface area contributed by atoms with Gasteiger partial charge in [-0.3, -0.25) is 23.9 Å². The summed E-state index contributed by atoms with van der Waals surface area (Å²) in [6.07, 6.45) is 5.07. The number of fused-ring (bicyclic) bond motifs is 5. The highest BCUT2D eigenvalue weighted by Gasteiger charge is 2.64. The number of esters is 1. The highest BCUT2D eigenvalue weighted by molar-refractivity contribution is 7.91. The first-order valence-corrected chi connectivity index (χ1v) is 21.3. The number of sulfonamides is 1. The number of hydrogen-bond donors (Lipinski definition) is 2. The number of pyridine rings is 1. The van der Waals surface area contributed by atoms with Crippen LogP contribution < -0.4 is 19.5 Å². The second-order valence-corrected chi connectivity index (χ2v) is 19.3. The molecule has 2 saturated carbocycles. The number of alkyl halides is 2. The Morgan fingerprint density at radius 3 is 2.64 bits per heavy atom. The van der Waals surface area contributed by atoms with E-state index in [0.717, 1.165) is 12.8 Å². The van der Waals surface area contributed by atoms with E-state index in [4.69, 9.17) is 17.0 Å². The van der Waals surface area contributed by atoms with Gasteiger partial charge in [-0.1, -0.05) is 46.3 Å². The minimum absolute atomic E-state index is 0. The van der Waals surface area contributed by atoms with Crippen molar-refractivity contribution in [3.63, 3.8) is 0 Å². The molecule has 3 aliphatic heterocycles. The molecule has 2 aliphatic carbocycles. The molecular weight excluding hydrogens is 775 g/mol. The third kappa shape index (κ3) is 8.40. The fourth-order valence-electron chi connectivity index (χ4n) is 8.47. The van der Waals surface area contributed by atoms with Crippen molar-refractivity contribution in [2.75, 3.05) is 20.0 Å². The highest BCUT2D eigenvalue weighted by Crippen LogP contribution is 2.52. The standard InChI is InChI=1S/C41H52F2N4O9S.CH4/c1-24(2)21-54-33(48)16-26-10-8-6-5-7-9-11-27-18-41(27,38(51)46-57(52,53)39(4)14-15-39)45-36(49)32-20-40(22-47(32)37(26)50)19-30(43)34-29-17-28(55-23-42)12-13-31(29)44-25(3)35(34)56-40;/h9,11-13,17,24,26-27,30,32H,5-8,10,14-16,18-23H2,1-4H3,(H,45,49)(H,46,51);1H4/b11-9-;/t26-,27-,30-,32+,40-,41-;/m1./s1/i23D2;. The molecule has 7 rings (SSSR count). The SMILES string of the molecule is C.[2H]C([2H])(F)Oc1ccc2nc(C)c3c(c2c1)[C@H](F)C[C@]1(C[C@H]2C(=O)N[C@]4(C(=O)NS(=O)(=O)C5(C)CC5)C[C@H]4/C=C\CCCCC[C@H](CC(=O)OCC(C)C)C(=O)N2C1)O3. The molecule has 3 fully saturated rings. The van der Waals surface area contributed by atoms with Crippen molar-refractivity contribution in [2.45, 2.75) is 134 Å². The van der Waals surface area contributed by atoms with Crippen molar-refractivity contribution in [1.82, 2.24) is 19.9 Å². The molecule has 0 unspecified atom stereocenters. The number of amides is 3. The average molecular weight is 833 g/mol. The van der Waals surface area contributed by atoms with Crippen molar-refractivity contribution in [1.29, 1.82) is 0 Å². The number of nitrogens with zero attached hydrogens (tertiary/aromatic N) is 2. The van der Waals surface area contributed by atoms with E-state index in [-0.39, 0.29) is 74.6 Å². The van der Waals surface area contributed by atoms with Crippen LogP contribution in [0.15, 0.2) is 30.4 Å². The van der Waals surface area contributed by atoms with Crippen LogP contribution in [0.1, 0.15) is 119 Å². The van der Waals surface area contributed by atoms with E-state index >= 15 is 4.39 Å². The minimum Gasteiger partial charge on any atom is -0.483 e. The first kappa shape index (κ1) is 40.4. The van der Waals surface area contributed by atoms with E-state index in [2.05, 4.69) is 15.0 Å². The second kappa shape index (κ2) is 16.4. The predicted octanol–water partition coefficient (Wildman–Crippen LogP) is 6.22. The molecule has 58 heavy (non-hydrogen) atoms. The summed E-state index contributed by atoms with van der Waals surface area (Å²) < 4.78 is 89.5. The number of carbonyl (C=O) groups is 4. The van der Waals surface area contributed by atoms with Gasteiger partial charge in [0.25, 0.3) is 5.91 Å². The number of aryl methyl sites for hydroxylation is 1. The monoisotopic (exact) mass is 832 g/mol. The van der Waals surface area contributed by atoms with Gasteiger partial charge in [0.1, 0.15) is 37.6 Å². The van der Waals surface area contributed by atoms with Crippen molar-refractivity contribution in [2.24, 2.45) is 17.8 Å². The van der Waals surface area contributed by atoms with Crippen LogP contribution in [-0.2, 0) is 33.9 Å². The summed E-state index contributed by atoms with van der Waals surface area (Å²) in [6, 6.07) is 2.72. The summed E-state index contributed by atoms with van der Waals surface area (Å²) in [6.45, 7) is 3.33. The van der Waals surface area contributed by atoms with Gasteiger partial charge in [-0.2, -0.15) is 0 Å². The molecule has 13 nitrogen and oxygen atoms in total. The fourth-order valence-corrected chi connectivity index (χ4v) is 9.78. The third-order valence-corrected chi connectivity index (χ3v) is 14.3. The summed E-state index contributed by atoms with van der Waals surface area (Å²) in [5.74, 6) is -4.26. The Balaban J connectivity index is 0.00000604. The van der Waals surface area contributed by atoms with Crippen molar-refractivity contribution >= 4 is 44.6 Å². The lowest BCUT2D eigenvalue weighted by Gasteiger charge is -2.38. The van der Waals surface area contributed by atoms with Crippen LogP contribution in [-0.4, -0.2) is 83.9 Å². The third-order valence-electron chi connectivity index (χ3n) is 12.2. The van der Waals surface area contributed by atoms with Crippen LogP contribution in [0.2, 0.25) is 0 Å². The van der Waals surface area contributed by atoms with Crippen molar-refractivity contribution < 1.29 is 53.3 Å². The molecule has 1 saturated heterocycles. The quantitative estimate of drug-likeness (QED) is 0.219. The van der Waals surface area contributed by atoms with Crippen molar-refractivity contribution in [3.05, 3.63) is 41.6 Å². The smallest absolute Gasteiger partial charge is 0.306 e. The zero-order valence-corrected chi connectivity index (χ0v) is 33.5. The van der Waals surface area contributed by atoms with Crippen LogP contribution in [0.3, 0.4) is 0 Å². The Kier molecular flexibility index (Phi) is 11.4. The number of halogens is 2. The van der Waals surface area contributed by atoms with Gasteiger partial charge in [0.15, 0.2) is 0 Å². The van der Waals surface area contributed by atoms with Gasteiger partial charge in [0.2, 0.25) is 28.7 Å². The molecule has 0 bridgehead atoms. The Labute approximate surface area is 341 Å². The largest absolute Gasteiger partial charge is 0.483 e. The first-order valence-electron chi connectivity index (χ1n) is 20.8. The van der Waals surface area contributed by atoms with E-state index in [0.29, 0.717) is 43.3 Å². The molecular formula is C42H56F2N4O9S. The Morgan fingerprint density at radius 1 is 1.17 bits per heavy atom. The maximum Gasteiger partial charge on any atom is 0.306 e. The molecule has 318 valence electrons. The van der Waals surface area contributed by atoms with Gasteiger partial charge in [-0.25, -0.2) is 22.2 Å². The average Bonchev–Trinajstić information content (AvgIpc) is 4.03. The number of hydrogen-bond acceptors (Lipinski definition) is 10. The predicted molar refractivity (Wildman–Crippen MR) is 212 cm³/mol. The van der Waals surface area contributed by atoms with Gasteiger partial charge in [0, 0.05) is 35.6 Å². The number of aromatic nitrogens is 1. The number of rotatable bonds is 9. The summed E-state index contributed by atoms with van der Waals surface area (Å²) in [5, 5.41) is 3.04. The van der Waals surface area contributed by atoms with E-state index in [1.165, 1.54) is 23.1 Å². The van der Waals surface area contributed by atoms with Gasteiger partial charge in [-0.15, -0.1) is 0 Å². The highest BCUT2D eigenvalue weighted by atomic mass is 32.2. The van der Waals surface area contributed by atoms with E-state index in [1.807, 2.05) is 26.0 Å². The number of carbonyl (C=O) groups excluding carboxylic acids is 4. The summed E-state index contributed by atoms with van der Waals surface area (Å²) in [4.78, 5) is 62.4. The number of benzene rings is 1. The lowest BCUT2D eigenvalue weighted by molar-refractivity contribution is -0.151. The molecule has 6 atom stereocenters. The van der Waals surface area contributed by atoms with Crippen LogP contribution in [0.5, 0.6) is 11.5 Å². The molecule has 1 spiro atoms. The maximum absolute atomic E-state index is 16.9. The summed E-state index contributed by atoms with van der Waals surface area (Å²) >= 11 is 0. The molecule has 4 heterocycles. The van der Waals surface area contributed by atoms with Crippen LogP contribution in [0.4, 0.5) is 8.78 Å². The van der Waals surface area contributed by atoms with Crippen molar-refractivity contribution in [3.8, 4) is 11.5 Å². The number of nitrogens with one attached hydrogen (secondary N) is 2. The first-order chi connectivity index (χ1) is 27.6. The van der Waals surface area contributed by atoms with E-state index in [1.54, 1.807) is 13.8 Å². The lowest BCUT2D eigenvalue weighted by atomic mass is 9.86. The second-order valence-electron chi connectivity index (χ2n) is 17.1. The molecule has 3 amide bonds. The molecule has 1 aromatic heterocycles. The molecule has 5 aliphatic rings. The molecule has 16 heteroatoms. The van der Waals surface area contributed by atoms with Gasteiger partial charge < -0.3 is 24.4 Å². The summed E-state index contributed by atoms with van der Waals surface area (Å²) in [7, 11) is -4.07. The molecule has 2 aromatic rings. The fraction of sp³-hybridized carbons (Fsp3) is 0.643. The van der Waals surface area contributed by atoms with Gasteiger partial charge in [-0.05, 0) is 76.5 Å². The maximum atomic E-state index is 16.9. The minimum atomic E-state index is -4.07. The zero-order valence-electron chi connectivity index (χ0n) is 34.7. The van der Waals surface area contributed by atoms with Crippen LogP contribution in [0, 0.1) is 24.7 Å². The van der Waals surface area contributed by atoms with Gasteiger partial charge in [0.05, 0.1) is 35.5 Å². The van der Waals surface area contributed by atoms with E-state index < -0.39 is 80.5 Å². The normalized spacial score (nSPS) is 30.4. The Bertz CT molecular complexity index is 2180. The lowest BCUT2D eigenvalue weighted by Crippen LogP contribution is -2.57. The van der Waals surface area contributed by atoms with Crippen LogP contribution >= 0.6 is 0 Å². The molecule has 0 radical (unpaired) electrons. The Hall–Kier alpha value is -4.34. The molecule has 1 aromatic carbocycles. The Morgan fingerprint density at radius 2 is 1.93 bits per heavy atom. The zero-order chi connectivity index (χ0) is 42.7. The summed E-state index contributed by atoms with van der Waals surface area (Å²) in [5.41, 5.74) is -2.43. The number of allylic oxidation sites excluding steroid dienone is 1. The van der Waals surface area contributed by atoms with Gasteiger partial charge >= 0.3 is 5.97 Å². The molecule has 2 N–H and O–H groups in total. The van der Waals surface area contributed by atoms with E-state index in [9.17, 15) is 32.0 Å². The number of ether oxygens (including phenoxy) is 3.